The Morgan fingerprint density at radius 2 is 1.68 bits per heavy atom. The molecule has 2 aromatic carbocycles. The van der Waals surface area contributed by atoms with Crippen molar-refractivity contribution in [2.75, 3.05) is 11.9 Å². The van der Waals surface area contributed by atoms with Crippen LogP contribution in [0.5, 0.6) is 5.75 Å². The summed E-state index contributed by atoms with van der Waals surface area (Å²) in [5.74, 6) is 0.0321. The van der Waals surface area contributed by atoms with Gasteiger partial charge >= 0.3 is 0 Å². The van der Waals surface area contributed by atoms with Gasteiger partial charge < -0.3 is 10.1 Å². The largest absolute Gasteiger partial charge is 0.484 e. The lowest BCUT2D eigenvalue weighted by Crippen LogP contribution is -2.26. The van der Waals surface area contributed by atoms with Crippen LogP contribution in [0.2, 0.25) is 0 Å². The topological polar surface area (TPSA) is 79.8 Å². The van der Waals surface area contributed by atoms with Crippen LogP contribution in [0.4, 0.5) is 5.69 Å². The van der Waals surface area contributed by atoms with E-state index in [2.05, 4.69) is 15.8 Å². The summed E-state index contributed by atoms with van der Waals surface area (Å²) in [5, 5.41) is 6.66. The van der Waals surface area contributed by atoms with Crippen molar-refractivity contribution in [1.29, 1.82) is 0 Å². The maximum atomic E-state index is 11.9. The molecule has 0 aliphatic carbocycles. The molecule has 0 atom stereocenters. The molecule has 0 aliphatic heterocycles. The molecular weight excluding hydrogens is 318 g/mol. The number of ether oxygens (including phenoxy) is 1. The summed E-state index contributed by atoms with van der Waals surface area (Å²) in [5.41, 5.74) is 4.71. The van der Waals surface area contributed by atoms with Gasteiger partial charge in [0.25, 0.3) is 5.91 Å². The number of hydrogen-bond donors (Lipinski definition) is 2. The van der Waals surface area contributed by atoms with Gasteiger partial charge in [-0.15, -0.1) is 0 Å². The molecule has 0 aliphatic rings. The van der Waals surface area contributed by atoms with E-state index in [9.17, 15) is 9.59 Å². The molecule has 0 bridgehead atoms. The molecule has 2 amide bonds. The van der Waals surface area contributed by atoms with Gasteiger partial charge in [-0.05, 0) is 38.1 Å². The number of aryl methyl sites for hydroxylation is 1. The number of anilines is 1. The summed E-state index contributed by atoms with van der Waals surface area (Å²) in [4.78, 5) is 23.6. The van der Waals surface area contributed by atoms with Crippen LogP contribution in [-0.2, 0) is 9.59 Å². The van der Waals surface area contributed by atoms with Crippen LogP contribution in [0.15, 0.2) is 59.7 Å². The molecule has 0 unspecified atom stereocenters. The van der Waals surface area contributed by atoms with Gasteiger partial charge in [0.1, 0.15) is 5.75 Å². The lowest BCUT2D eigenvalue weighted by molar-refractivity contribution is -0.123. The number of para-hydroxylation sites is 1. The van der Waals surface area contributed by atoms with Crippen molar-refractivity contribution in [3.8, 4) is 5.75 Å². The second-order valence-electron chi connectivity index (χ2n) is 5.57. The van der Waals surface area contributed by atoms with Crippen LogP contribution >= 0.6 is 0 Å². The SMILES string of the molecule is C/C(CC(=O)Nc1ccccc1)=N\NC(=O)COc1ccc(C)cc1. The van der Waals surface area contributed by atoms with Crippen LogP contribution < -0.4 is 15.5 Å². The van der Waals surface area contributed by atoms with E-state index < -0.39 is 0 Å². The Labute approximate surface area is 146 Å². The lowest BCUT2D eigenvalue weighted by Gasteiger charge is -2.06. The van der Waals surface area contributed by atoms with E-state index in [1.54, 1.807) is 31.2 Å². The second kappa shape index (κ2) is 9.22. The van der Waals surface area contributed by atoms with Crippen molar-refractivity contribution in [2.45, 2.75) is 20.3 Å². The van der Waals surface area contributed by atoms with E-state index >= 15 is 0 Å². The zero-order chi connectivity index (χ0) is 18.1. The highest BCUT2D eigenvalue weighted by atomic mass is 16.5. The maximum absolute atomic E-state index is 11.9. The Hall–Kier alpha value is -3.15. The monoisotopic (exact) mass is 339 g/mol. The first kappa shape index (κ1) is 18.2. The zero-order valence-electron chi connectivity index (χ0n) is 14.3. The van der Waals surface area contributed by atoms with E-state index in [1.165, 1.54) is 0 Å². The highest BCUT2D eigenvalue weighted by Gasteiger charge is 2.06. The predicted octanol–water partition coefficient (Wildman–Crippen LogP) is 2.89. The van der Waals surface area contributed by atoms with Crippen molar-refractivity contribution in [1.82, 2.24) is 5.43 Å². The first-order valence-electron chi connectivity index (χ1n) is 7.89. The number of carbonyl (C=O) groups excluding carboxylic acids is 2. The van der Waals surface area contributed by atoms with Crippen molar-refractivity contribution in [2.24, 2.45) is 5.10 Å². The minimum absolute atomic E-state index is 0.0913. The van der Waals surface area contributed by atoms with Gasteiger partial charge in [-0.25, -0.2) is 5.43 Å². The fourth-order valence-corrected chi connectivity index (χ4v) is 1.97. The molecule has 0 fully saturated rings. The average Bonchev–Trinajstić information content (AvgIpc) is 2.60. The average molecular weight is 339 g/mol. The first-order chi connectivity index (χ1) is 12.0. The third-order valence-electron chi connectivity index (χ3n) is 3.24. The number of hydrogen-bond acceptors (Lipinski definition) is 4. The summed E-state index contributed by atoms with van der Waals surface area (Å²) in [6.45, 7) is 3.50. The Morgan fingerprint density at radius 1 is 1.00 bits per heavy atom. The Bertz CT molecular complexity index is 740. The Kier molecular flexibility index (Phi) is 6.71. The van der Waals surface area contributed by atoms with Crippen LogP contribution in [-0.4, -0.2) is 24.1 Å². The molecule has 0 saturated heterocycles. The van der Waals surface area contributed by atoms with Gasteiger partial charge in [0.15, 0.2) is 6.61 Å². The van der Waals surface area contributed by atoms with E-state index in [0.29, 0.717) is 11.5 Å². The maximum Gasteiger partial charge on any atom is 0.277 e. The Balaban J connectivity index is 1.73. The molecule has 6 heteroatoms. The molecule has 0 aromatic heterocycles. The number of carbonyl (C=O) groups is 2. The zero-order valence-corrected chi connectivity index (χ0v) is 14.3. The molecule has 2 aromatic rings. The normalized spacial score (nSPS) is 10.9. The quantitative estimate of drug-likeness (QED) is 0.601. The van der Waals surface area contributed by atoms with E-state index in [0.717, 1.165) is 11.3 Å². The number of rotatable bonds is 7. The summed E-state index contributed by atoms with van der Waals surface area (Å²) in [7, 11) is 0. The van der Waals surface area contributed by atoms with E-state index in [1.807, 2.05) is 37.3 Å². The number of nitrogens with zero attached hydrogens (tertiary/aromatic N) is 1. The second-order valence-corrected chi connectivity index (χ2v) is 5.57. The van der Waals surface area contributed by atoms with Gasteiger partial charge in [0.2, 0.25) is 5.91 Å². The van der Waals surface area contributed by atoms with Crippen LogP contribution in [0.3, 0.4) is 0 Å². The molecule has 0 spiro atoms. The summed E-state index contributed by atoms with van der Waals surface area (Å²) in [6.07, 6.45) is 0.0913. The van der Waals surface area contributed by atoms with Crippen molar-refractivity contribution in [3.63, 3.8) is 0 Å². The summed E-state index contributed by atoms with van der Waals surface area (Å²) in [6, 6.07) is 16.5. The van der Waals surface area contributed by atoms with Crippen LogP contribution in [0, 0.1) is 6.92 Å². The molecule has 25 heavy (non-hydrogen) atoms. The van der Waals surface area contributed by atoms with Crippen molar-refractivity contribution < 1.29 is 14.3 Å². The van der Waals surface area contributed by atoms with Gasteiger partial charge in [-0.2, -0.15) is 5.10 Å². The van der Waals surface area contributed by atoms with Gasteiger partial charge in [0.05, 0.1) is 6.42 Å². The van der Waals surface area contributed by atoms with Crippen molar-refractivity contribution >= 4 is 23.2 Å². The minimum atomic E-state index is -0.386. The number of amides is 2. The number of nitrogens with one attached hydrogen (secondary N) is 2. The number of hydrazone groups is 1. The summed E-state index contributed by atoms with van der Waals surface area (Å²) >= 11 is 0. The molecule has 0 heterocycles. The van der Waals surface area contributed by atoms with E-state index in [-0.39, 0.29) is 24.8 Å². The fourth-order valence-electron chi connectivity index (χ4n) is 1.97. The number of benzene rings is 2. The molecule has 0 radical (unpaired) electrons. The summed E-state index contributed by atoms with van der Waals surface area (Å²) < 4.78 is 5.35. The van der Waals surface area contributed by atoms with Gasteiger partial charge in [0, 0.05) is 11.4 Å². The fraction of sp³-hybridized carbons (Fsp3) is 0.211. The molecule has 2 N–H and O–H groups in total. The van der Waals surface area contributed by atoms with Gasteiger partial charge in [-0.1, -0.05) is 35.9 Å². The standard InChI is InChI=1S/C19H21N3O3/c1-14-8-10-17(11-9-14)25-13-19(24)22-21-15(2)12-18(23)20-16-6-4-3-5-7-16/h3-11H,12-13H2,1-2H3,(H,20,23)(H,22,24)/b21-15+. The minimum Gasteiger partial charge on any atom is -0.484 e. The molecule has 6 nitrogen and oxygen atoms in total. The third kappa shape index (κ3) is 6.87. The lowest BCUT2D eigenvalue weighted by atomic mass is 10.2. The third-order valence-corrected chi connectivity index (χ3v) is 3.24. The van der Waals surface area contributed by atoms with Crippen LogP contribution in [0.1, 0.15) is 18.9 Å². The smallest absolute Gasteiger partial charge is 0.277 e. The van der Waals surface area contributed by atoms with E-state index in [4.69, 9.17) is 4.74 Å². The van der Waals surface area contributed by atoms with Crippen LogP contribution in [0.25, 0.3) is 0 Å². The predicted molar refractivity (Wildman–Crippen MR) is 97.6 cm³/mol. The highest BCUT2D eigenvalue weighted by molar-refractivity contribution is 6.05. The Morgan fingerprint density at radius 3 is 2.36 bits per heavy atom. The highest BCUT2D eigenvalue weighted by Crippen LogP contribution is 2.11. The first-order valence-corrected chi connectivity index (χ1v) is 7.89. The van der Waals surface area contributed by atoms with Gasteiger partial charge in [-0.3, -0.25) is 9.59 Å². The molecule has 2 rings (SSSR count). The molecule has 0 saturated carbocycles. The van der Waals surface area contributed by atoms with Crippen molar-refractivity contribution in [3.05, 3.63) is 60.2 Å². The molecular formula is C19H21N3O3. The molecule has 130 valence electrons.